The Balaban J connectivity index is 0.000000531. The Kier molecular flexibility index (Phi) is 4.77. The van der Waals surface area contributed by atoms with Crippen LogP contribution in [-0.2, 0) is 0 Å². The van der Waals surface area contributed by atoms with Crippen molar-refractivity contribution in [3.05, 3.63) is 12.2 Å². The Bertz CT molecular complexity index is 212. The minimum Gasteiger partial charge on any atom is -0.396 e. The first-order chi connectivity index (χ1) is 7.29. The van der Waals surface area contributed by atoms with E-state index in [2.05, 4.69) is 11.0 Å². The molecule has 2 aliphatic rings. The molecule has 1 aliphatic heterocycles. The minimum absolute atomic E-state index is 0.166. The van der Waals surface area contributed by atoms with E-state index in [0.717, 1.165) is 25.9 Å². The normalized spacial score (nSPS) is 27.3. The van der Waals surface area contributed by atoms with Crippen molar-refractivity contribution in [1.82, 2.24) is 4.90 Å². The first-order valence-electron chi connectivity index (χ1n) is 5.92. The van der Waals surface area contributed by atoms with Crippen molar-refractivity contribution in [3.63, 3.8) is 0 Å². The second kappa shape index (κ2) is 5.64. The Morgan fingerprint density at radius 2 is 2.00 bits per heavy atom. The van der Waals surface area contributed by atoms with Gasteiger partial charge in [0.2, 0.25) is 0 Å². The van der Waals surface area contributed by atoms with Gasteiger partial charge < -0.3 is 10.2 Å². The van der Waals surface area contributed by atoms with Crippen LogP contribution in [0.15, 0.2) is 12.2 Å². The molecule has 0 aromatic heterocycles. The van der Waals surface area contributed by atoms with Crippen LogP contribution >= 0.6 is 0 Å². The van der Waals surface area contributed by atoms with Gasteiger partial charge in [-0.1, -0.05) is 26.0 Å². The summed E-state index contributed by atoms with van der Waals surface area (Å²) in [5.41, 5.74) is 0.166. The van der Waals surface area contributed by atoms with Crippen molar-refractivity contribution in [2.45, 2.75) is 32.7 Å². The van der Waals surface area contributed by atoms with E-state index < -0.39 is 0 Å². The van der Waals surface area contributed by atoms with Gasteiger partial charge in [-0.3, -0.25) is 4.90 Å². The molecule has 0 aromatic carbocycles. The fourth-order valence-electron chi connectivity index (χ4n) is 1.94. The van der Waals surface area contributed by atoms with E-state index in [9.17, 15) is 0 Å². The minimum atomic E-state index is 0.166. The van der Waals surface area contributed by atoms with Gasteiger partial charge in [0, 0.05) is 25.1 Å². The largest absolute Gasteiger partial charge is 0.396 e. The summed E-state index contributed by atoms with van der Waals surface area (Å²) < 4.78 is 0. The molecule has 1 fully saturated rings. The smallest absolute Gasteiger partial charge is 0.0622 e. The summed E-state index contributed by atoms with van der Waals surface area (Å²) in [5.74, 6) is 0. The maximum Gasteiger partial charge on any atom is 0.0622 e. The van der Waals surface area contributed by atoms with Crippen LogP contribution in [0.5, 0.6) is 0 Å². The maximum absolute atomic E-state index is 9.17. The predicted octanol–water partition coefficient (Wildman–Crippen LogP) is 1.02. The predicted molar refractivity (Wildman–Crippen MR) is 61.7 cm³/mol. The van der Waals surface area contributed by atoms with E-state index in [-0.39, 0.29) is 18.1 Å². The van der Waals surface area contributed by atoms with Crippen molar-refractivity contribution in [2.75, 3.05) is 26.3 Å². The monoisotopic (exact) mass is 213 g/mol. The van der Waals surface area contributed by atoms with Crippen LogP contribution in [0.3, 0.4) is 0 Å². The van der Waals surface area contributed by atoms with Gasteiger partial charge in [-0.15, -0.1) is 0 Å². The molecular formula is C12H23NO2. The maximum atomic E-state index is 9.17. The third-order valence-electron chi connectivity index (χ3n) is 3.19. The quantitative estimate of drug-likeness (QED) is 0.685. The first kappa shape index (κ1) is 12.7. The lowest BCUT2D eigenvalue weighted by Crippen LogP contribution is -2.38. The van der Waals surface area contributed by atoms with E-state index in [4.69, 9.17) is 10.2 Å². The van der Waals surface area contributed by atoms with E-state index in [1.165, 1.54) is 0 Å². The third kappa shape index (κ3) is 3.03. The Hall–Kier alpha value is -0.380. The second-order valence-corrected chi connectivity index (χ2v) is 4.27. The summed E-state index contributed by atoms with van der Waals surface area (Å²) in [5, 5.41) is 18.2. The molecule has 0 bridgehead atoms. The summed E-state index contributed by atoms with van der Waals surface area (Å²) in [7, 11) is 0. The van der Waals surface area contributed by atoms with Crippen LogP contribution in [0.25, 0.3) is 0 Å². The average Bonchev–Trinajstić information content (AvgIpc) is 2.93. The van der Waals surface area contributed by atoms with E-state index in [1.54, 1.807) is 0 Å². The fourth-order valence-corrected chi connectivity index (χ4v) is 1.94. The summed E-state index contributed by atoms with van der Waals surface area (Å²) in [6.07, 6.45) is 6.41. The summed E-state index contributed by atoms with van der Waals surface area (Å²) >= 11 is 0. The number of hydrogen-bond acceptors (Lipinski definition) is 3. The summed E-state index contributed by atoms with van der Waals surface area (Å²) in [6, 6.07) is 0.184. The summed E-state index contributed by atoms with van der Waals surface area (Å²) in [6.45, 7) is 6.34. The highest BCUT2D eigenvalue weighted by molar-refractivity contribution is 5.07. The molecule has 2 N–H and O–H groups in total. The molecule has 1 aliphatic carbocycles. The molecule has 1 saturated carbocycles. The topological polar surface area (TPSA) is 43.7 Å². The molecule has 15 heavy (non-hydrogen) atoms. The second-order valence-electron chi connectivity index (χ2n) is 4.27. The highest BCUT2D eigenvalue weighted by Gasteiger charge is 2.44. The average molecular weight is 213 g/mol. The van der Waals surface area contributed by atoms with Crippen LogP contribution in [0.1, 0.15) is 26.7 Å². The molecular weight excluding hydrogens is 190 g/mol. The van der Waals surface area contributed by atoms with Crippen molar-refractivity contribution in [1.29, 1.82) is 0 Å². The van der Waals surface area contributed by atoms with Gasteiger partial charge >= 0.3 is 0 Å². The van der Waals surface area contributed by atoms with Crippen molar-refractivity contribution in [3.8, 4) is 0 Å². The number of nitrogens with zero attached hydrogens (tertiary/aromatic N) is 1. The SMILES string of the molecule is CC.OCC1C=CCN1CC1(CO)CC1. The Labute approximate surface area is 92.4 Å². The lowest BCUT2D eigenvalue weighted by molar-refractivity contribution is 0.119. The van der Waals surface area contributed by atoms with Gasteiger partial charge in [-0.2, -0.15) is 0 Å². The van der Waals surface area contributed by atoms with E-state index in [0.29, 0.717) is 6.61 Å². The molecule has 0 spiro atoms. The fraction of sp³-hybridized carbons (Fsp3) is 0.833. The van der Waals surface area contributed by atoms with Gasteiger partial charge in [0.15, 0.2) is 0 Å². The lowest BCUT2D eigenvalue weighted by Gasteiger charge is -2.26. The molecule has 3 nitrogen and oxygen atoms in total. The van der Waals surface area contributed by atoms with Gasteiger partial charge in [0.25, 0.3) is 0 Å². The van der Waals surface area contributed by atoms with Crippen molar-refractivity contribution < 1.29 is 10.2 Å². The number of aliphatic hydroxyl groups is 2. The molecule has 0 aromatic rings. The van der Waals surface area contributed by atoms with Crippen molar-refractivity contribution >= 4 is 0 Å². The number of aliphatic hydroxyl groups excluding tert-OH is 2. The highest BCUT2D eigenvalue weighted by atomic mass is 16.3. The molecule has 3 heteroatoms. The number of hydrogen-bond donors (Lipinski definition) is 2. The molecule has 0 saturated heterocycles. The first-order valence-corrected chi connectivity index (χ1v) is 5.92. The van der Waals surface area contributed by atoms with Crippen LogP contribution in [0, 0.1) is 5.41 Å². The van der Waals surface area contributed by atoms with Crippen LogP contribution < -0.4 is 0 Å². The zero-order chi connectivity index (χ0) is 11.3. The van der Waals surface area contributed by atoms with Crippen molar-refractivity contribution in [2.24, 2.45) is 5.41 Å². The number of rotatable bonds is 4. The van der Waals surface area contributed by atoms with Crippen LogP contribution in [-0.4, -0.2) is 47.5 Å². The van der Waals surface area contributed by atoms with Crippen LogP contribution in [0.4, 0.5) is 0 Å². The van der Waals surface area contributed by atoms with Gasteiger partial charge in [-0.05, 0) is 12.8 Å². The molecule has 88 valence electrons. The Morgan fingerprint density at radius 3 is 2.47 bits per heavy atom. The molecule has 1 unspecified atom stereocenters. The summed E-state index contributed by atoms with van der Waals surface area (Å²) in [4.78, 5) is 2.24. The van der Waals surface area contributed by atoms with E-state index >= 15 is 0 Å². The van der Waals surface area contributed by atoms with Gasteiger partial charge in [-0.25, -0.2) is 0 Å². The van der Waals surface area contributed by atoms with E-state index in [1.807, 2.05) is 19.9 Å². The zero-order valence-corrected chi connectivity index (χ0v) is 9.82. The highest BCUT2D eigenvalue weighted by Crippen LogP contribution is 2.46. The lowest BCUT2D eigenvalue weighted by atomic mass is 10.1. The van der Waals surface area contributed by atoms with Crippen LogP contribution in [0.2, 0.25) is 0 Å². The van der Waals surface area contributed by atoms with Gasteiger partial charge in [0.1, 0.15) is 0 Å². The molecule has 0 amide bonds. The zero-order valence-electron chi connectivity index (χ0n) is 9.82. The third-order valence-corrected chi connectivity index (χ3v) is 3.19. The van der Waals surface area contributed by atoms with Gasteiger partial charge in [0.05, 0.1) is 12.6 Å². The standard InChI is InChI=1S/C10H17NO2.C2H6/c12-6-9-2-1-5-11(9)7-10(8-13)3-4-10;1-2/h1-2,9,12-13H,3-8H2;1-2H3. The molecule has 2 rings (SSSR count). The molecule has 1 atom stereocenters. The molecule has 0 radical (unpaired) electrons. The molecule has 1 heterocycles. The Morgan fingerprint density at radius 1 is 1.33 bits per heavy atom.